The van der Waals surface area contributed by atoms with Gasteiger partial charge in [0.05, 0.1) is 28.5 Å². The molecule has 1 saturated heterocycles. The van der Waals surface area contributed by atoms with Gasteiger partial charge in [-0.1, -0.05) is 0 Å². The lowest BCUT2D eigenvalue weighted by atomic mass is 10.00. The first-order valence-corrected chi connectivity index (χ1v) is 7.73. The minimum absolute atomic E-state index is 0.0578. The molecule has 5 nitrogen and oxygen atoms in total. The van der Waals surface area contributed by atoms with Crippen LogP contribution in [0.3, 0.4) is 0 Å². The number of aromatic nitrogens is 2. The van der Waals surface area contributed by atoms with E-state index < -0.39 is 0 Å². The van der Waals surface area contributed by atoms with Crippen molar-refractivity contribution in [3.05, 3.63) is 16.4 Å². The highest BCUT2D eigenvalue weighted by atomic mass is 79.9. The van der Waals surface area contributed by atoms with E-state index in [2.05, 4.69) is 40.3 Å². The zero-order valence-corrected chi connectivity index (χ0v) is 13.2. The molecule has 19 heavy (non-hydrogen) atoms. The Morgan fingerprint density at radius 2 is 2.37 bits per heavy atom. The van der Waals surface area contributed by atoms with Gasteiger partial charge in [-0.05, 0) is 55.5 Å². The first kappa shape index (κ1) is 15.0. The number of hydrogen-bond acceptors (Lipinski definition) is 4. The zero-order valence-electron chi connectivity index (χ0n) is 11.6. The normalized spacial score (nSPS) is 21.8. The Morgan fingerprint density at radius 1 is 1.58 bits per heavy atom. The molecule has 0 bridgehead atoms. The molecule has 1 aliphatic rings. The zero-order chi connectivity index (χ0) is 13.8. The second-order valence-electron chi connectivity index (χ2n) is 5.36. The highest BCUT2D eigenvalue weighted by molar-refractivity contribution is 9.10. The standard InChI is InChI=1S/C13H23BrN4O/c1-9(2)18-13(11(14)8-16-18)12(17-15)7-10-5-3-4-6-19-10/h8-10,12,17H,3-7,15H2,1-2H3. The molecular weight excluding hydrogens is 308 g/mol. The highest BCUT2D eigenvalue weighted by Crippen LogP contribution is 2.30. The van der Waals surface area contributed by atoms with Crippen molar-refractivity contribution >= 4 is 15.9 Å². The third-order valence-corrected chi connectivity index (χ3v) is 4.19. The molecule has 0 aliphatic carbocycles. The Hall–Kier alpha value is -0.430. The largest absolute Gasteiger partial charge is 0.378 e. The van der Waals surface area contributed by atoms with E-state index in [9.17, 15) is 0 Å². The smallest absolute Gasteiger partial charge is 0.0713 e. The van der Waals surface area contributed by atoms with Crippen LogP contribution in [-0.4, -0.2) is 22.5 Å². The fourth-order valence-electron chi connectivity index (χ4n) is 2.60. The summed E-state index contributed by atoms with van der Waals surface area (Å²) in [5, 5.41) is 4.41. The fraction of sp³-hybridized carbons (Fsp3) is 0.769. The highest BCUT2D eigenvalue weighted by Gasteiger charge is 2.25. The van der Waals surface area contributed by atoms with Crippen molar-refractivity contribution in [1.82, 2.24) is 15.2 Å². The van der Waals surface area contributed by atoms with Gasteiger partial charge in [0.2, 0.25) is 0 Å². The van der Waals surface area contributed by atoms with Crippen molar-refractivity contribution in [3.8, 4) is 0 Å². The van der Waals surface area contributed by atoms with Crippen molar-refractivity contribution in [3.63, 3.8) is 0 Å². The van der Waals surface area contributed by atoms with E-state index in [1.807, 2.05) is 10.9 Å². The second-order valence-corrected chi connectivity index (χ2v) is 6.21. The van der Waals surface area contributed by atoms with Crippen molar-refractivity contribution in [2.24, 2.45) is 5.84 Å². The summed E-state index contributed by atoms with van der Waals surface area (Å²) in [5.41, 5.74) is 4.02. The summed E-state index contributed by atoms with van der Waals surface area (Å²) in [6, 6.07) is 0.367. The Balaban J connectivity index is 2.14. The van der Waals surface area contributed by atoms with Crippen molar-refractivity contribution < 1.29 is 4.74 Å². The lowest BCUT2D eigenvalue weighted by Gasteiger charge is -2.27. The quantitative estimate of drug-likeness (QED) is 0.643. The number of nitrogens with one attached hydrogen (secondary N) is 1. The summed E-state index contributed by atoms with van der Waals surface area (Å²) < 4.78 is 8.82. The van der Waals surface area contributed by atoms with Gasteiger partial charge >= 0.3 is 0 Å². The number of hydrazine groups is 1. The van der Waals surface area contributed by atoms with Crippen LogP contribution in [0.25, 0.3) is 0 Å². The summed E-state index contributed by atoms with van der Waals surface area (Å²) in [6.07, 6.45) is 6.54. The van der Waals surface area contributed by atoms with Gasteiger partial charge in [0, 0.05) is 12.6 Å². The van der Waals surface area contributed by atoms with E-state index in [4.69, 9.17) is 10.6 Å². The summed E-state index contributed by atoms with van der Waals surface area (Å²) in [5.74, 6) is 5.75. The molecule has 1 aromatic heterocycles. The van der Waals surface area contributed by atoms with E-state index >= 15 is 0 Å². The van der Waals surface area contributed by atoms with Crippen LogP contribution in [0.4, 0.5) is 0 Å². The molecule has 2 unspecified atom stereocenters. The third kappa shape index (κ3) is 3.56. The molecule has 2 atom stereocenters. The van der Waals surface area contributed by atoms with E-state index in [0.717, 1.165) is 29.6 Å². The van der Waals surface area contributed by atoms with Crippen LogP contribution >= 0.6 is 15.9 Å². The number of rotatable bonds is 5. The van der Waals surface area contributed by atoms with E-state index in [1.54, 1.807) is 0 Å². The number of halogens is 1. The topological polar surface area (TPSA) is 65.1 Å². The summed E-state index contributed by atoms with van der Waals surface area (Å²) in [6.45, 7) is 5.10. The van der Waals surface area contributed by atoms with E-state index in [-0.39, 0.29) is 12.1 Å². The summed E-state index contributed by atoms with van der Waals surface area (Å²) in [7, 11) is 0. The predicted octanol–water partition coefficient (Wildman–Crippen LogP) is 2.69. The molecular formula is C13H23BrN4O. The minimum atomic E-state index is 0.0578. The van der Waals surface area contributed by atoms with Crippen molar-refractivity contribution in [1.29, 1.82) is 0 Å². The molecule has 1 aliphatic heterocycles. The maximum atomic E-state index is 5.81. The van der Waals surface area contributed by atoms with E-state index in [0.29, 0.717) is 6.04 Å². The maximum Gasteiger partial charge on any atom is 0.0713 e. The van der Waals surface area contributed by atoms with Crippen LogP contribution in [0.15, 0.2) is 10.7 Å². The third-order valence-electron chi connectivity index (χ3n) is 3.58. The first-order chi connectivity index (χ1) is 9.13. The molecule has 0 aromatic carbocycles. The van der Waals surface area contributed by atoms with Crippen LogP contribution in [0.2, 0.25) is 0 Å². The predicted molar refractivity (Wildman–Crippen MR) is 78.6 cm³/mol. The van der Waals surface area contributed by atoms with Gasteiger partial charge in [-0.15, -0.1) is 0 Å². The molecule has 6 heteroatoms. The van der Waals surface area contributed by atoms with Gasteiger partial charge in [-0.25, -0.2) is 0 Å². The van der Waals surface area contributed by atoms with Gasteiger partial charge in [-0.3, -0.25) is 16.0 Å². The van der Waals surface area contributed by atoms with Crippen LogP contribution in [-0.2, 0) is 4.74 Å². The molecule has 108 valence electrons. The second kappa shape index (κ2) is 6.83. The molecule has 0 radical (unpaired) electrons. The molecule has 2 rings (SSSR count). The summed E-state index contributed by atoms with van der Waals surface area (Å²) >= 11 is 3.57. The minimum Gasteiger partial charge on any atom is -0.378 e. The van der Waals surface area contributed by atoms with Crippen molar-refractivity contribution in [2.75, 3.05) is 6.61 Å². The molecule has 0 spiro atoms. The summed E-state index contributed by atoms with van der Waals surface area (Å²) in [4.78, 5) is 0. The van der Waals surface area contributed by atoms with Crippen LogP contribution < -0.4 is 11.3 Å². The molecule has 0 amide bonds. The molecule has 3 N–H and O–H groups in total. The van der Waals surface area contributed by atoms with Gasteiger partial charge in [0.25, 0.3) is 0 Å². The molecule has 0 saturated carbocycles. The Morgan fingerprint density at radius 3 is 2.95 bits per heavy atom. The van der Waals surface area contributed by atoms with Gasteiger partial charge < -0.3 is 4.74 Å². The number of hydrogen-bond donors (Lipinski definition) is 2. The van der Waals surface area contributed by atoms with Gasteiger partial charge in [-0.2, -0.15) is 5.10 Å². The number of nitrogens with two attached hydrogens (primary N) is 1. The van der Waals surface area contributed by atoms with Crippen LogP contribution in [0, 0.1) is 0 Å². The van der Waals surface area contributed by atoms with Crippen LogP contribution in [0.1, 0.15) is 57.3 Å². The van der Waals surface area contributed by atoms with Crippen LogP contribution in [0.5, 0.6) is 0 Å². The lowest BCUT2D eigenvalue weighted by molar-refractivity contribution is 0.00439. The Bertz CT molecular complexity index is 401. The number of nitrogens with zero attached hydrogens (tertiary/aromatic N) is 2. The Kier molecular flexibility index (Phi) is 5.38. The lowest BCUT2D eigenvalue weighted by Crippen LogP contribution is -2.34. The maximum absolute atomic E-state index is 5.81. The first-order valence-electron chi connectivity index (χ1n) is 6.94. The van der Waals surface area contributed by atoms with Gasteiger partial charge in [0.15, 0.2) is 0 Å². The average Bonchev–Trinajstić information content (AvgIpc) is 2.79. The Labute approximate surface area is 123 Å². The fourth-order valence-corrected chi connectivity index (χ4v) is 3.15. The monoisotopic (exact) mass is 330 g/mol. The van der Waals surface area contributed by atoms with Gasteiger partial charge in [0.1, 0.15) is 0 Å². The number of ether oxygens (including phenoxy) is 1. The molecule has 1 aromatic rings. The SMILES string of the molecule is CC(C)n1ncc(Br)c1C(CC1CCCCO1)NN. The van der Waals surface area contributed by atoms with E-state index in [1.165, 1.54) is 12.8 Å². The average molecular weight is 331 g/mol. The molecule has 2 heterocycles. The molecule has 1 fully saturated rings. The van der Waals surface area contributed by atoms with Crippen molar-refractivity contribution in [2.45, 2.75) is 57.7 Å².